The molecule has 2 fully saturated rings. The number of ether oxygens (including phenoxy) is 1. The van der Waals surface area contributed by atoms with Gasteiger partial charge < -0.3 is 14.7 Å². The van der Waals surface area contributed by atoms with Gasteiger partial charge in [0.25, 0.3) is 5.56 Å². The fraction of sp³-hybridized carbons (Fsp3) is 0.471. The lowest BCUT2D eigenvalue weighted by atomic mass is 9.78. The molecule has 1 atom stereocenters. The Morgan fingerprint density at radius 3 is 2.63 bits per heavy atom. The van der Waals surface area contributed by atoms with E-state index < -0.39 is 11.9 Å². The van der Waals surface area contributed by atoms with Crippen molar-refractivity contribution in [1.82, 2.24) is 19.4 Å². The number of halogens is 3. The molecule has 1 aromatic carbocycles. The van der Waals surface area contributed by atoms with Gasteiger partial charge in [-0.05, 0) is 76.8 Å². The van der Waals surface area contributed by atoms with E-state index in [4.69, 9.17) is 21.3 Å². The van der Waals surface area contributed by atoms with Gasteiger partial charge in [-0.25, -0.2) is 18.6 Å². The van der Waals surface area contributed by atoms with Crippen molar-refractivity contribution < 1.29 is 23.4 Å². The van der Waals surface area contributed by atoms with E-state index in [1.54, 1.807) is 28.1 Å². The van der Waals surface area contributed by atoms with E-state index in [0.717, 1.165) is 40.8 Å². The number of hydrogen-bond donors (Lipinski definition) is 1. The van der Waals surface area contributed by atoms with E-state index in [2.05, 4.69) is 9.88 Å². The number of aromatic nitrogens is 3. The van der Waals surface area contributed by atoms with Crippen LogP contribution in [0.3, 0.4) is 0 Å². The highest BCUT2D eigenvalue weighted by molar-refractivity contribution is 7.18. The largest absolute Gasteiger partial charge is 0.491 e. The van der Waals surface area contributed by atoms with Gasteiger partial charge in [0.15, 0.2) is 0 Å². The van der Waals surface area contributed by atoms with Crippen molar-refractivity contribution in [1.29, 1.82) is 0 Å². The number of carbonyl (C=O) groups is 1. The van der Waals surface area contributed by atoms with E-state index in [1.165, 1.54) is 11.3 Å². The van der Waals surface area contributed by atoms with E-state index in [-0.39, 0.29) is 54.5 Å². The SMILES string of the molecule is Cc1cc(-c2cc(Cl)ccc2OCCn2c(C)nc3c(c2=O)C[C@@H](N(C)CC2CC(F)(F)C2)CC32CC2)c2scc(C(=O)O)c2n1. The van der Waals surface area contributed by atoms with E-state index in [1.807, 2.05) is 27.0 Å². The van der Waals surface area contributed by atoms with Crippen molar-refractivity contribution in [2.24, 2.45) is 5.92 Å². The van der Waals surface area contributed by atoms with Gasteiger partial charge in [0.1, 0.15) is 18.2 Å². The molecular weight excluding hydrogens is 634 g/mol. The fourth-order valence-electron chi connectivity index (χ4n) is 7.39. The average Bonchev–Trinajstić information content (AvgIpc) is 3.61. The number of carboxylic acids is 1. The van der Waals surface area contributed by atoms with Gasteiger partial charge in [-0.2, -0.15) is 0 Å². The predicted octanol–water partition coefficient (Wildman–Crippen LogP) is 6.89. The van der Waals surface area contributed by atoms with Crippen LogP contribution >= 0.6 is 22.9 Å². The Labute approximate surface area is 274 Å². The Morgan fingerprint density at radius 2 is 1.93 bits per heavy atom. The lowest BCUT2D eigenvalue weighted by Gasteiger charge is -2.42. The summed E-state index contributed by atoms with van der Waals surface area (Å²) in [4.78, 5) is 37.4. The summed E-state index contributed by atoms with van der Waals surface area (Å²) in [5.74, 6) is -2.39. The van der Waals surface area contributed by atoms with Crippen LogP contribution in [0.15, 0.2) is 34.4 Å². The summed E-state index contributed by atoms with van der Waals surface area (Å²) >= 11 is 7.72. The number of nitrogens with zero attached hydrogens (tertiary/aromatic N) is 4. The molecule has 0 aliphatic heterocycles. The molecule has 242 valence electrons. The number of rotatable bonds is 9. The number of alkyl halides is 2. The third kappa shape index (κ3) is 5.60. The first-order valence-electron chi connectivity index (χ1n) is 15.6. The summed E-state index contributed by atoms with van der Waals surface area (Å²) in [5, 5.41) is 11.8. The maximum Gasteiger partial charge on any atom is 0.338 e. The van der Waals surface area contributed by atoms with Crippen LogP contribution < -0.4 is 10.3 Å². The van der Waals surface area contributed by atoms with Gasteiger partial charge in [0, 0.05) is 63.6 Å². The third-order valence-corrected chi connectivity index (χ3v) is 11.1. The van der Waals surface area contributed by atoms with Crippen molar-refractivity contribution in [2.75, 3.05) is 20.2 Å². The van der Waals surface area contributed by atoms with Crippen LogP contribution in [-0.2, 0) is 18.4 Å². The quantitative estimate of drug-likeness (QED) is 0.207. The highest BCUT2D eigenvalue weighted by atomic mass is 35.5. The molecule has 2 saturated carbocycles. The summed E-state index contributed by atoms with van der Waals surface area (Å²) < 4.78 is 35.6. The molecule has 4 aromatic rings. The topological polar surface area (TPSA) is 97.6 Å². The number of thiophene rings is 1. The van der Waals surface area contributed by atoms with Gasteiger partial charge in [0.2, 0.25) is 5.92 Å². The van der Waals surface area contributed by atoms with Crippen molar-refractivity contribution in [3.05, 3.63) is 73.4 Å². The van der Waals surface area contributed by atoms with Gasteiger partial charge in [-0.15, -0.1) is 11.3 Å². The minimum absolute atomic E-state index is 0.00884. The first-order chi connectivity index (χ1) is 21.8. The normalized spacial score (nSPS) is 19.8. The number of aromatic carboxylic acids is 1. The summed E-state index contributed by atoms with van der Waals surface area (Å²) in [5.41, 5.74) is 4.22. The highest BCUT2D eigenvalue weighted by Gasteiger charge is 2.53. The van der Waals surface area contributed by atoms with Crippen LogP contribution in [0.1, 0.15) is 65.2 Å². The molecule has 3 aliphatic carbocycles. The van der Waals surface area contributed by atoms with Crippen LogP contribution in [0.25, 0.3) is 21.3 Å². The Morgan fingerprint density at radius 1 is 1.17 bits per heavy atom. The molecule has 3 aromatic heterocycles. The predicted molar refractivity (Wildman–Crippen MR) is 174 cm³/mol. The van der Waals surface area contributed by atoms with Crippen LogP contribution in [-0.4, -0.2) is 62.7 Å². The van der Waals surface area contributed by atoms with Crippen LogP contribution in [0, 0.1) is 19.8 Å². The van der Waals surface area contributed by atoms with Crippen molar-refractivity contribution in [3.8, 4) is 16.9 Å². The van der Waals surface area contributed by atoms with Crippen LogP contribution in [0.2, 0.25) is 5.02 Å². The molecule has 0 saturated heterocycles. The zero-order valence-electron chi connectivity index (χ0n) is 25.9. The monoisotopic (exact) mass is 668 g/mol. The number of pyridine rings is 1. The summed E-state index contributed by atoms with van der Waals surface area (Å²) in [7, 11) is 2.00. The maximum atomic E-state index is 14.0. The second-order valence-electron chi connectivity index (χ2n) is 13.3. The minimum Gasteiger partial charge on any atom is -0.491 e. The Bertz CT molecular complexity index is 1930. The second kappa shape index (κ2) is 11.4. The summed E-state index contributed by atoms with van der Waals surface area (Å²) in [6, 6.07) is 7.31. The van der Waals surface area contributed by atoms with Gasteiger partial charge in [0.05, 0.1) is 28.0 Å². The third-order valence-electron chi connectivity index (χ3n) is 9.91. The average molecular weight is 669 g/mol. The smallest absolute Gasteiger partial charge is 0.338 e. The first-order valence-corrected chi connectivity index (χ1v) is 16.8. The number of carboxylic acid groups (broad SMARTS) is 1. The lowest BCUT2D eigenvalue weighted by Crippen LogP contribution is -2.48. The minimum atomic E-state index is -2.54. The molecule has 12 heteroatoms. The zero-order chi connectivity index (χ0) is 32.5. The second-order valence-corrected chi connectivity index (χ2v) is 14.6. The molecule has 3 heterocycles. The summed E-state index contributed by atoms with van der Waals surface area (Å²) in [6.07, 6.45) is 3.32. The van der Waals surface area contributed by atoms with Crippen LogP contribution in [0.4, 0.5) is 8.78 Å². The van der Waals surface area contributed by atoms with E-state index in [0.29, 0.717) is 46.3 Å². The molecule has 1 N–H and O–H groups in total. The molecule has 0 unspecified atom stereocenters. The number of aryl methyl sites for hydroxylation is 2. The molecule has 1 spiro atoms. The van der Waals surface area contributed by atoms with Crippen molar-refractivity contribution in [2.45, 2.75) is 76.3 Å². The number of fused-ring (bicyclic) bond motifs is 3. The van der Waals surface area contributed by atoms with E-state index in [9.17, 15) is 23.5 Å². The number of likely N-dealkylation sites (N-methyl/N-ethyl adjacent to an activating group) is 1. The number of hydrogen-bond acceptors (Lipinski definition) is 7. The van der Waals surface area contributed by atoms with Gasteiger partial charge in [-0.3, -0.25) is 14.3 Å². The van der Waals surface area contributed by atoms with Crippen molar-refractivity contribution in [3.63, 3.8) is 0 Å². The Hall–Kier alpha value is -3.41. The molecule has 0 bridgehead atoms. The fourth-order valence-corrected chi connectivity index (χ4v) is 8.57. The molecule has 8 nitrogen and oxygen atoms in total. The lowest BCUT2D eigenvalue weighted by molar-refractivity contribution is -0.117. The number of benzene rings is 1. The van der Waals surface area contributed by atoms with E-state index >= 15 is 0 Å². The summed E-state index contributed by atoms with van der Waals surface area (Å²) in [6.45, 7) is 4.76. The van der Waals surface area contributed by atoms with Crippen LogP contribution in [0.5, 0.6) is 5.75 Å². The Kier molecular flexibility index (Phi) is 7.72. The van der Waals surface area contributed by atoms with Gasteiger partial charge in [-0.1, -0.05) is 11.6 Å². The molecule has 3 aliphatic rings. The molecule has 7 rings (SSSR count). The first kappa shape index (κ1) is 31.2. The zero-order valence-corrected chi connectivity index (χ0v) is 27.5. The molecular formula is C34H35ClF2N4O4S. The maximum absolute atomic E-state index is 14.0. The van der Waals surface area contributed by atoms with Gasteiger partial charge >= 0.3 is 5.97 Å². The molecule has 46 heavy (non-hydrogen) atoms. The molecule has 0 amide bonds. The Balaban J connectivity index is 1.13. The standard InChI is InChI=1S/C34H35ClF2N4O4S/c1-18-10-24(29-28(38-18)26(17-46-29)32(43)44)23-11-21(35)4-5-27(23)45-9-8-41-19(2)39-30-25(31(41)42)12-22(15-33(30)6-7-33)40(3)16-20-13-34(36,37)14-20/h4-5,10-11,17,20,22H,6-9,12-16H2,1-3H3,(H,43,44)/t22-/m1/s1. The highest BCUT2D eigenvalue weighted by Crippen LogP contribution is 2.55. The molecule has 0 radical (unpaired) electrons. The van der Waals surface area contributed by atoms with Crippen molar-refractivity contribution >= 4 is 39.1 Å².